The van der Waals surface area contributed by atoms with Crippen LogP contribution in [-0.2, 0) is 47.6 Å². The second kappa shape index (κ2) is 11.7. The van der Waals surface area contributed by atoms with E-state index in [1.54, 1.807) is 6.92 Å². The number of carbonyl (C=O) groups is 5. The fourth-order valence-electron chi connectivity index (χ4n) is 12.2. The van der Waals surface area contributed by atoms with Gasteiger partial charge >= 0.3 is 30.0 Å². The second-order valence-corrected chi connectivity index (χ2v) is 16.5. The number of methoxy groups -OCH3 is 1. The largest absolute Gasteiger partial charge is 0.467 e. The van der Waals surface area contributed by atoms with Crippen molar-refractivity contribution >= 4 is 30.0 Å². The zero-order valence-electron chi connectivity index (χ0n) is 30.7. The number of carbonyl (C=O) groups excluding carboxylic acids is 5. The fourth-order valence-corrected chi connectivity index (χ4v) is 12.2. The molecule has 2 aliphatic heterocycles. The van der Waals surface area contributed by atoms with E-state index in [9.17, 15) is 29.1 Å². The third kappa shape index (κ3) is 4.48. The molecular weight excluding hydrogens is 676 g/mol. The molecular formula is C38H48N2O12. The highest BCUT2D eigenvalue weighted by Crippen LogP contribution is 2.78. The van der Waals surface area contributed by atoms with Gasteiger partial charge in [0, 0.05) is 49.6 Å². The van der Waals surface area contributed by atoms with Gasteiger partial charge in [-0.2, -0.15) is 0 Å². The number of cyclic esters (lactones) is 1. The highest BCUT2D eigenvalue weighted by molar-refractivity contribution is 5.87. The molecule has 6 aliphatic rings. The number of allylic oxidation sites excluding steroid dienone is 1. The number of hydrogen-bond acceptors (Lipinski definition) is 13. The van der Waals surface area contributed by atoms with Crippen LogP contribution in [0.2, 0.25) is 0 Å². The van der Waals surface area contributed by atoms with Crippen molar-refractivity contribution in [2.45, 2.75) is 109 Å². The molecule has 0 aromatic carbocycles. The maximum absolute atomic E-state index is 13.8. The zero-order chi connectivity index (χ0) is 37.8. The van der Waals surface area contributed by atoms with Crippen LogP contribution in [0.4, 0.5) is 4.79 Å². The summed E-state index contributed by atoms with van der Waals surface area (Å²) in [6.45, 7) is 14.3. The summed E-state index contributed by atoms with van der Waals surface area (Å²) in [5.41, 5.74) is -7.16. The molecule has 52 heavy (non-hydrogen) atoms. The lowest BCUT2D eigenvalue weighted by Gasteiger charge is -2.73. The predicted molar refractivity (Wildman–Crippen MR) is 179 cm³/mol. The van der Waals surface area contributed by atoms with Crippen molar-refractivity contribution in [3.8, 4) is 0 Å². The molecule has 1 aromatic rings. The van der Waals surface area contributed by atoms with Gasteiger partial charge in [0.2, 0.25) is 5.60 Å². The SMILES string of the molecule is C=C1C[C@@]2(O)C3CC[C@]4(C)C(CC[C@@]5(C(C)OC(=O)n6ccnc6)COC(=O)C=C[C@H]54)[C@@]3(C)[C@H](OC(C)=O)[C@H](OC(C)=O)[C@@]2(C)[C@]2(C(=O)OC)O[C@H]12. The summed E-state index contributed by atoms with van der Waals surface area (Å²) in [5.74, 6) is -3.88. The van der Waals surface area contributed by atoms with Gasteiger partial charge in [-0.05, 0) is 68.3 Å². The average Bonchev–Trinajstić information content (AvgIpc) is 3.68. The molecule has 1 aromatic heterocycles. The van der Waals surface area contributed by atoms with Crippen LogP contribution in [0, 0.1) is 39.4 Å². The Morgan fingerprint density at radius 2 is 1.73 bits per heavy atom. The van der Waals surface area contributed by atoms with Crippen molar-refractivity contribution in [1.29, 1.82) is 0 Å². The topological polar surface area (TPSA) is 182 Å². The first-order valence-corrected chi connectivity index (χ1v) is 17.9. The first-order chi connectivity index (χ1) is 24.4. The number of aliphatic hydroxyl groups is 1. The fraction of sp³-hybridized carbons (Fsp3) is 0.684. The first-order valence-electron chi connectivity index (χ1n) is 17.9. The lowest BCUT2D eigenvalue weighted by molar-refractivity contribution is -0.336. The Bertz CT molecular complexity index is 1760. The number of esters is 4. The molecule has 5 fully saturated rings. The molecule has 282 valence electrons. The summed E-state index contributed by atoms with van der Waals surface area (Å²) >= 11 is 0. The predicted octanol–water partition coefficient (Wildman–Crippen LogP) is 3.69. The summed E-state index contributed by atoms with van der Waals surface area (Å²) in [5, 5.41) is 13.4. The molecule has 4 aliphatic carbocycles. The van der Waals surface area contributed by atoms with Crippen LogP contribution in [0.1, 0.15) is 73.6 Å². The van der Waals surface area contributed by atoms with Gasteiger partial charge in [-0.3, -0.25) is 9.59 Å². The summed E-state index contributed by atoms with van der Waals surface area (Å²) in [6.07, 6.45) is 4.90. The molecule has 0 bridgehead atoms. The lowest BCUT2D eigenvalue weighted by Crippen LogP contribution is -2.82. The Morgan fingerprint density at radius 3 is 2.37 bits per heavy atom. The first kappa shape index (κ1) is 36.3. The minimum Gasteiger partial charge on any atom is -0.467 e. The third-order valence-electron chi connectivity index (χ3n) is 14.5. The number of hydrogen-bond donors (Lipinski definition) is 1. The molecule has 0 radical (unpaired) electrons. The summed E-state index contributed by atoms with van der Waals surface area (Å²) in [7, 11) is 1.23. The smallest absolute Gasteiger partial charge is 0.419 e. The molecule has 3 unspecified atom stereocenters. The van der Waals surface area contributed by atoms with Gasteiger partial charge in [0.1, 0.15) is 31.2 Å². The lowest BCUT2D eigenvalue weighted by atomic mass is 9.32. The van der Waals surface area contributed by atoms with E-state index >= 15 is 0 Å². The third-order valence-corrected chi connectivity index (χ3v) is 14.5. The minimum absolute atomic E-state index is 0.00398. The van der Waals surface area contributed by atoms with Crippen LogP contribution in [0.15, 0.2) is 43.0 Å². The van der Waals surface area contributed by atoms with E-state index in [0.717, 1.165) is 0 Å². The number of ether oxygens (including phenoxy) is 6. The summed E-state index contributed by atoms with van der Waals surface area (Å²) < 4.78 is 37.0. The Kier molecular flexibility index (Phi) is 8.19. The number of fused-ring (bicyclic) bond motifs is 9. The van der Waals surface area contributed by atoms with Crippen molar-refractivity contribution in [2.75, 3.05) is 13.7 Å². The van der Waals surface area contributed by atoms with E-state index in [1.165, 1.54) is 50.3 Å². The minimum atomic E-state index is -1.75. The van der Waals surface area contributed by atoms with Crippen molar-refractivity contribution in [2.24, 2.45) is 39.4 Å². The van der Waals surface area contributed by atoms with E-state index in [0.29, 0.717) is 31.3 Å². The van der Waals surface area contributed by atoms with Crippen LogP contribution in [0.25, 0.3) is 0 Å². The zero-order valence-corrected chi connectivity index (χ0v) is 30.7. The highest BCUT2D eigenvalue weighted by atomic mass is 16.7. The van der Waals surface area contributed by atoms with Crippen molar-refractivity contribution in [1.82, 2.24) is 9.55 Å². The highest BCUT2D eigenvalue weighted by Gasteiger charge is 2.90. The van der Waals surface area contributed by atoms with E-state index in [2.05, 4.69) is 18.5 Å². The van der Waals surface area contributed by atoms with Crippen molar-refractivity contribution < 1.29 is 57.5 Å². The van der Waals surface area contributed by atoms with Gasteiger partial charge in [0.15, 0.2) is 6.10 Å². The summed E-state index contributed by atoms with van der Waals surface area (Å²) in [6, 6.07) is 0. The van der Waals surface area contributed by atoms with Gasteiger partial charge in [-0.15, -0.1) is 0 Å². The van der Waals surface area contributed by atoms with E-state index in [-0.39, 0.29) is 24.9 Å². The summed E-state index contributed by atoms with van der Waals surface area (Å²) in [4.78, 5) is 70.0. The van der Waals surface area contributed by atoms with Crippen molar-refractivity contribution in [3.63, 3.8) is 0 Å². The second-order valence-electron chi connectivity index (χ2n) is 16.5. The van der Waals surface area contributed by atoms with E-state index in [1.807, 2.05) is 19.9 Å². The quantitative estimate of drug-likeness (QED) is 0.201. The molecule has 13 atom stereocenters. The maximum Gasteiger partial charge on any atom is 0.419 e. The van der Waals surface area contributed by atoms with Crippen LogP contribution >= 0.6 is 0 Å². The Balaban J connectivity index is 1.39. The number of aromatic nitrogens is 2. The normalized spacial score (nSPS) is 44.8. The Morgan fingerprint density at radius 1 is 1.06 bits per heavy atom. The number of epoxide rings is 1. The molecule has 0 amide bonds. The molecule has 1 saturated heterocycles. The van der Waals surface area contributed by atoms with Crippen LogP contribution in [0.5, 0.6) is 0 Å². The maximum atomic E-state index is 13.8. The van der Waals surface area contributed by atoms with Crippen LogP contribution < -0.4 is 0 Å². The Labute approximate surface area is 302 Å². The average molecular weight is 725 g/mol. The molecule has 3 heterocycles. The van der Waals surface area contributed by atoms with E-state index in [4.69, 9.17) is 28.4 Å². The van der Waals surface area contributed by atoms with Crippen LogP contribution in [0.3, 0.4) is 0 Å². The van der Waals surface area contributed by atoms with Gasteiger partial charge in [0.05, 0.1) is 18.1 Å². The molecule has 4 saturated carbocycles. The Hall–Kier alpha value is -4.04. The van der Waals surface area contributed by atoms with Crippen molar-refractivity contribution in [3.05, 3.63) is 43.0 Å². The molecule has 14 heteroatoms. The monoisotopic (exact) mass is 724 g/mol. The number of rotatable bonds is 5. The van der Waals surface area contributed by atoms with Gasteiger partial charge in [-0.25, -0.2) is 23.9 Å². The molecule has 1 N–H and O–H groups in total. The van der Waals surface area contributed by atoms with Gasteiger partial charge < -0.3 is 33.5 Å². The molecule has 14 nitrogen and oxygen atoms in total. The standard InChI is InChI=1S/C38H48N2O12/c1-20-17-37(46)26-11-13-33(5)24(12-14-36(18-48-27(43)10-9-25(33)36)21(2)49-32(45)40-16-15-39-19-40)34(26,6)29(50-22(3)41)30(51-23(4)42)35(37,7)38(28(20)52-38)31(44)47-8/h9-10,15-16,19,21,24-26,28-30,46H,1,11-14,17-18H2,2-8H3/t21?,24?,25-,26?,28+,29+,30-,33+,34+,35+,36-,37+,38-/m0/s1. The van der Waals surface area contributed by atoms with Gasteiger partial charge in [0.25, 0.3) is 0 Å². The number of nitrogens with zero attached hydrogens (tertiary/aromatic N) is 2. The van der Waals surface area contributed by atoms with Gasteiger partial charge in [-0.1, -0.05) is 26.5 Å². The molecule has 7 rings (SSSR count). The number of imidazole rings is 1. The van der Waals surface area contributed by atoms with E-state index < -0.39 is 93.2 Å². The molecule has 0 spiro atoms. The van der Waals surface area contributed by atoms with Crippen LogP contribution in [-0.4, -0.2) is 94.0 Å².